The molecular formula is C12H16BrFN2O2S. The summed E-state index contributed by atoms with van der Waals surface area (Å²) in [6.07, 6.45) is 0.782. The van der Waals surface area contributed by atoms with Crippen LogP contribution in [0, 0.1) is 11.7 Å². The molecule has 0 radical (unpaired) electrons. The highest BCUT2D eigenvalue weighted by Gasteiger charge is 2.37. The quantitative estimate of drug-likeness (QED) is 0.833. The summed E-state index contributed by atoms with van der Waals surface area (Å²) >= 11 is 2.99. The number of sulfonamides is 1. The Hall–Kier alpha value is -0.660. The van der Waals surface area contributed by atoms with E-state index >= 15 is 0 Å². The Morgan fingerprint density at radius 1 is 1.42 bits per heavy atom. The molecule has 1 aliphatic heterocycles. The molecule has 0 amide bonds. The fraction of sp³-hybridized carbons (Fsp3) is 0.500. The lowest BCUT2D eigenvalue weighted by atomic mass is 10.1. The van der Waals surface area contributed by atoms with Crippen molar-refractivity contribution < 1.29 is 12.8 Å². The van der Waals surface area contributed by atoms with Crippen LogP contribution in [0.5, 0.6) is 0 Å². The molecule has 2 rings (SSSR count). The third kappa shape index (κ3) is 2.64. The van der Waals surface area contributed by atoms with E-state index in [9.17, 15) is 12.8 Å². The van der Waals surface area contributed by atoms with Gasteiger partial charge in [-0.3, -0.25) is 0 Å². The normalized spacial score (nSPS) is 24.8. The monoisotopic (exact) mass is 350 g/mol. The van der Waals surface area contributed by atoms with Crippen molar-refractivity contribution in [1.29, 1.82) is 0 Å². The van der Waals surface area contributed by atoms with Crippen LogP contribution in [-0.4, -0.2) is 25.3 Å². The van der Waals surface area contributed by atoms with Crippen molar-refractivity contribution in [1.82, 2.24) is 4.31 Å². The molecule has 2 N–H and O–H groups in total. The van der Waals surface area contributed by atoms with Gasteiger partial charge in [0.1, 0.15) is 4.90 Å². The highest BCUT2D eigenvalue weighted by atomic mass is 79.9. The van der Waals surface area contributed by atoms with Crippen molar-refractivity contribution in [3.63, 3.8) is 0 Å². The molecule has 0 saturated carbocycles. The predicted octanol–water partition coefficient (Wildman–Crippen LogP) is 2.59. The van der Waals surface area contributed by atoms with E-state index in [4.69, 9.17) is 5.73 Å². The fourth-order valence-electron chi connectivity index (χ4n) is 2.49. The molecule has 106 valence electrons. The summed E-state index contributed by atoms with van der Waals surface area (Å²) in [5, 5.41) is 0. The van der Waals surface area contributed by atoms with Gasteiger partial charge in [-0.15, -0.1) is 0 Å². The van der Waals surface area contributed by atoms with Gasteiger partial charge in [0, 0.05) is 18.3 Å². The molecule has 1 fully saturated rings. The maximum atomic E-state index is 14.0. The van der Waals surface area contributed by atoms with Gasteiger partial charge in [-0.2, -0.15) is 4.31 Å². The summed E-state index contributed by atoms with van der Waals surface area (Å²) in [4.78, 5) is -0.361. The van der Waals surface area contributed by atoms with E-state index in [-0.39, 0.29) is 27.0 Å². The zero-order chi connectivity index (χ0) is 14.4. The first kappa shape index (κ1) is 14.7. The van der Waals surface area contributed by atoms with Crippen LogP contribution in [0.3, 0.4) is 0 Å². The highest BCUT2D eigenvalue weighted by molar-refractivity contribution is 9.10. The van der Waals surface area contributed by atoms with Gasteiger partial charge >= 0.3 is 0 Å². The van der Waals surface area contributed by atoms with E-state index in [1.165, 1.54) is 16.4 Å². The van der Waals surface area contributed by atoms with Gasteiger partial charge in [0.2, 0.25) is 10.0 Å². The average molecular weight is 351 g/mol. The first-order valence-electron chi connectivity index (χ1n) is 6.00. The highest BCUT2D eigenvalue weighted by Crippen LogP contribution is 2.33. The SMILES string of the molecule is CC1CC(C)N(S(=O)(=O)c2cc(N)cc(Br)c2F)C1. The third-order valence-electron chi connectivity index (χ3n) is 3.33. The van der Waals surface area contributed by atoms with Crippen molar-refractivity contribution in [3.8, 4) is 0 Å². The molecule has 1 aromatic rings. The first-order valence-corrected chi connectivity index (χ1v) is 8.23. The van der Waals surface area contributed by atoms with Gasteiger partial charge in [0.25, 0.3) is 0 Å². The zero-order valence-corrected chi connectivity index (χ0v) is 13.1. The summed E-state index contributed by atoms with van der Waals surface area (Å²) < 4.78 is 40.5. The lowest BCUT2D eigenvalue weighted by molar-refractivity contribution is 0.402. The number of hydrogen-bond donors (Lipinski definition) is 1. The molecule has 19 heavy (non-hydrogen) atoms. The Kier molecular flexibility index (Phi) is 3.90. The minimum atomic E-state index is -3.85. The molecular weight excluding hydrogens is 335 g/mol. The summed E-state index contributed by atoms with van der Waals surface area (Å²) in [6, 6.07) is 2.40. The molecule has 0 spiro atoms. The van der Waals surface area contributed by atoms with Crippen molar-refractivity contribution in [2.24, 2.45) is 5.92 Å². The maximum absolute atomic E-state index is 14.0. The molecule has 4 nitrogen and oxygen atoms in total. The topological polar surface area (TPSA) is 63.4 Å². The van der Waals surface area contributed by atoms with Crippen molar-refractivity contribution in [2.45, 2.75) is 31.2 Å². The van der Waals surface area contributed by atoms with Crippen molar-refractivity contribution >= 4 is 31.6 Å². The molecule has 1 aromatic carbocycles. The van der Waals surface area contributed by atoms with Crippen LogP contribution in [0.2, 0.25) is 0 Å². The van der Waals surface area contributed by atoms with Crippen LogP contribution >= 0.6 is 15.9 Å². The molecule has 1 aliphatic rings. The second kappa shape index (κ2) is 5.03. The van der Waals surface area contributed by atoms with E-state index < -0.39 is 15.8 Å². The van der Waals surface area contributed by atoms with Gasteiger partial charge in [-0.1, -0.05) is 6.92 Å². The average Bonchev–Trinajstić information content (AvgIpc) is 2.63. The number of benzene rings is 1. The van der Waals surface area contributed by atoms with Crippen LogP contribution in [0.1, 0.15) is 20.3 Å². The van der Waals surface area contributed by atoms with E-state index in [2.05, 4.69) is 15.9 Å². The lowest BCUT2D eigenvalue weighted by Crippen LogP contribution is -2.34. The maximum Gasteiger partial charge on any atom is 0.246 e. The summed E-state index contributed by atoms with van der Waals surface area (Å²) in [5.74, 6) is -0.515. The molecule has 0 aromatic heterocycles. The second-order valence-electron chi connectivity index (χ2n) is 5.08. The first-order chi connectivity index (χ1) is 8.73. The van der Waals surface area contributed by atoms with Crippen LogP contribution in [0.4, 0.5) is 10.1 Å². The molecule has 0 aliphatic carbocycles. The molecule has 1 heterocycles. The smallest absolute Gasteiger partial charge is 0.246 e. The van der Waals surface area contributed by atoms with E-state index in [1.54, 1.807) is 0 Å². The van der Waals surface area contributed by atoms with Gasteiger partial charge < -0.3 is 5.73 Å². The van der Waals surface area contributed by atoms with Crippen molar-refractivity contribution in [3.05, 3.63) is 22.4 Å². The van der Waals surface area contributed by atoms with Crippen molar-refractivity contribution in [2.75, 3.05) is 12.3 Å². The zero-order valence-electron chi connectivity index (χ0n) is 10.7. The Morgan fingerprint density at radius 2 is 2.05 bits per heavy atom. The Bertz CT molecular complexity index is 606. The number of nitrogens with two attached hydrogens (primary N) is 1. The number of nitrogens with zero attached hydrogens (tertiary/aromatic N) is 1. The van der Waals surface area contributed by atoms with E-state index in [0.29, 0.717) is 6.54 Å². The fourth-order valence-corrected chi connectivity index (χ4v) is 4.99. The van der Waals surface area contributed by atoms with Crippen LogP contribution in [0.25, 0.3) is 0 Å². The Labute approximate surface area is 121 Å². The summed E-state index contributed by atoms with van der Waals surface area (Å²) in [7, 11) is -3.85. The Morgan fingerprint density at radius 3 is 2.58 bits per heavy atom. The van der Waals surface area contributed by atoms with Crippen LogP contribution in [0.15, 0.2) is 21.5 Å². The summed E-state index contributed by atoms with van der Waals surface area (Å²) in [5.41, 5.74) is 5.82. The molecule has 2 atom stereocenters. The number of hydrogen-bond acceptors (Lipinski definition) is 3. The largest absolute Gasteiger partial charge is 0.399 e. The second-order valence-corrected chi connectivity index (χ2v) is 7.79. The number of nitrogen functional groups attached to an aromatic ring is 1. The minimum Gasteiger partial charge on any atom is -0.399 e. The molecule has 1 saturated heterocycles. The van der Waals surface area contributed by atoms with Gasteiger partial charge in [-0.05, 0) is 47.3 Å². The molecule has 7 heteroatoms. The number of halogens is 2. The van der Waals surface area contributed by atoms with Crippen LogP contribution in [-0.2, 0) is 10.0 Å². The van der Waals surface area contributed by atoms with Gasteiger partial charge in [0.05, 0.1) is 4.47 Å². The van der Waals surface area contributed by atoms with E-state index in [0.717, 1.165) is 6.42 Å². The Balaban J connectivity index is 2.52. The van der Waals surface area contributed by atoms with E-state index in [1.807, 2.05) is 13.8 Å². The van der Waals surface area contributed by atoms with Gasteiger partial charge in [0.15, 0.2) is 5.82 Å². The summed E-state index contributed by atoms with van der Waals surface area (Å²) in [6.45, 7) is 4.23. The molecule has 0 bridgehead atoms. The minimum absolute atomic E-state index is 0.0611. The third-order valence-corrected chi connectivity index (χ3v) is 5.89. The van der Waals surface area contributed by atoms with Gasteiger partial charge in [-0.25, -0.2) is 12.8 Å². The molecule has 2 unspecified atom stereocenters. The predicted molar refractivity (Wildman–Crippen MR) is 75.6 cm³/mol. The number of anilines is 1. The lowest BCUT2D eigenvalue weighted by Gasteiger charge is -2.21. The van der Waals surface area contributed by atoms with Crippen LogP contribution < -0.4 is 5.73 Å². The standard InChI is InChI=1S/C12H16BrFN2O2S/c1-7-3-8(2)16(6-7)19(17,18)11-5-9(15)4-10(13)12(11)14/h4-5,7-8H,3,6,15H2,1-2H3. The number of rotatable bonds is 2.